The van der Waals surface area contributed by atoms with Crippen molar-refractivity contribution in [3.63, 3.8) is 0 Å². The number of aromatic nitrogens is 1. The molecule has 78 valence electrons. The van der Waals surface area contributed by atoms with E-state index in [2.05, 4.69) is 18.8 Å². The molecule has 2 nitrogen and oxygen atoms in total. The standard InChI is InChI=1S/C13H15NO/c1-3-9(2)10-7-8-14-13-11(10)5-4-6-12(13)15/h4-9,15H,3H2,1-2H3. The molecule has 0 fully saturated rings. The molecule has 0 amide bonds. The van der Waals surface area contributed by atoms with E-state index in [9.17, 15) is 5.11 Å². The zero-order valence-electron chi connectivity index (χ0n) is 9.07. The third-order valence-corrected chi connectivity index (χ3v) is 2.93. The van der Waals surface area contributed by atoms with Gasteiger partial charge in [0.1, 0.15) is 11.3 Å². The minimum absolute atomic E-state index is 0.262. The summed E-state index contributed by atoms with van der Waals surface area (Å²) in [5.41, 5.74) is 1.97. The van der Waals surface area contributed by atoms with E-state index in [4.69, 9.17) is 0 Å². The number of rotatable bonds is 2. The van der Waals surface area contributed by atoms with Gasteiger partial charge >= 0.3 is 0 Å². The van der Waals surface area contributed by atoms with Gasteiger partial charge in [0.15, 0.2) is 0 Å². The van der Waals surface area contributed by atoms with Gasteiger partial charge in [-0.15, -0.1) is 0 Å². The van der Waals surface area contributed by atoms with E-state index in [0.717, 1.165) is 11.8 Å². The molecule has 0 spiro atoms. The van der Waals surface area contributed by atoms with Crippen LogP contribution in [0.25, 0.3) is 10.9 Å². The summed E-state index contributed by atoms with van der Waals surface area (Å²) in [5.74, 6) is 0.759. The Morgan fingerprint density at radius 2 is 2.13 bits per heavy atom. The van der Waals surface area contributed by atoms with Crippen LogP contribution in [0.2, 0.25) is 0 Å². The van der Waals surface area contributed by atoms with Gasteiger partial charge in [0.05, 0.1) is 0 Å². The summed E-state index contributed by atoms with van der Waals surface area (Å²) >= 11 is 0. The predicted octanol–water partition coefficient (Wildman–Crippen LogP) is 3.45. The first-order valence-corrected chi connectivity index (χ1v) is 5.30. The summed E-state index contributed by atoms with van der Waals surface area (Å²) in [6.07, 6.45) is 2.86. The molecule has 15 heavy (non-hydrogen) atoms. The van der Waals surface area contributed by atoms with Crippen molar-refractivity contribution in [3.8, 4) is 5.75 Å². The molecule has 2 heteroatoms. The van der Waals surface area contributed by atoms with Gasteiger partial charge in [-0.1, -0.05) is 26.0 Å². The summed E-state index contributed by atoms with van der Waals surface area (Å²) in [5, 5.41) is 10.7. The fraction of sp³-hybridized carbons (Fsp3) is 0.308. The number of hydrogen-bond donors (Lipinski definition) is 1. The van der Waals surface area contributed by atoms with E-state index in [0.29, 0.717) is 11.4 Å². The van der Waals surface area contributed by atoms with Crippen LogP contribution in [0.1, 0.15) is 31.7 Å². The lowest BCUT2D eigenvalue weighted by Gasteiger charge is -2.12. The van der Waals surface area contributed by atoms with Crippen molar-refractivity contribution < 1.29 is 5.11 Å². The predicted molar refractivity (Wildman–Crippen MR) is 62.1 cm³/mol. The van der Waals surface area contributed by atoms with Gasteiger partial charge in [0.25, 0.3) is 0 Å². The minimum Gasteiger partial charge on any atom is -0.506 e. The Balaban J connectivity index is 2.71. The highest BCUT2D eigenvalue weighted by atomic mass is 16.3. The van der Waals surface area contributed by atoms with Gasteiger partial charge < -0.3 is 5.11 Å². The average molecular weight is 201 g/mol. The second kappa shape index (κ2) is 3.89. The molecular weight excluding hydrogens is 186 g/mol. The molecule has 1 heterocycles. The maximum absolute atomic E-state index is 9.69. The number of para-hydroxylation sites is 1. The molecule has 2 aromatic rings. The van der Waals surface area contributed by atoms with Crippen molar-refractivity contribution in [1.29, 1.82) is 0 Å². The maximum atomic E-state index is 9.69. The highest BCUT2D eigenvalue weighted by Crippen LogP contribution is 2.30. The molecular formula is C13H15NO. The second-order valence-electron chi connectivity index (χ2n) is 3.88. The van der Waals surface area contributed by atoms with Crippen LogP contribution in [0.4, 0.5) is 0 Å². The smallest absolute Gasteiger partial charge is 0.141 e. The number of aromatic hydroxyl groups is 1. The van der Waals surface area contributed by atoms with Crippen molar-refractivity contribution in [2.24, 2.45) is 0 Å². The Hall–Kier alpha value is -1.57. The van der Waals surface area contributed by atoms with Gasteiger partial charge in [-0.3, -0.25) is 4.98 Å². The van der Waals surface area contributed by atoms with Crippen molar-refractivity contribution in [1.82, 2.24) is 4.98 Å². The van der Waals surface area contributed by atoms with Crippen LogP contribution < -0.4 is 0 Å². The fourth-order valence-electron chi connectivity index (χ4n) is 1.83. The topological polar surface area (TPSA) is 33.1 Å². The molecule has 1 aromatic carbocycles. The third kappa shape index (κ3) is 1.67. The lowest BCUT2D eigenvalue weighted by molar-refractivity contribution is 0.480. The maximum Gasteiger partial charge on any atom is 0.141 e. The second-order valence-corrected chi connectivity index (χ2v) is 3.88. The highest BCUT2D eigenvalue weighted by Gasteiger charge is 2.09. The quantitative estimate of drug-likeness (QED) is 0.807. The van der Waals surface area contributed by atoms with Crippen molar-refractivity contribution in [2.75, 3.05) is 0 Å². The molecule has 0 bridgehead atoms. The molecule has 1 unspecified atom stereocenters. The molecule has 0 aliphatic carbocycles. The van der Waals surface area contributed by atoms with Gasteiger partial charge in [0, 0.05) is 11.6 Å². The summed E-state index contributed by atoms with van der Waals surface area (Å²) in [4.78, 5) is 4.21. The van der Waals surface area contributed by atoms with Crippen molar-refractivity contribution in [3.05, 3.63) is 36.0 Å². The zero-order chi connectivity index (χ0) is 10.8. The summed E-state index contributed by atoms with van der Waals surface area (Å²) in [7, 11) is 0. The van der Waals surface area contributed by atoms with Gasteiger partial charge in [0.2, 0.25) is 0 Å². The molecule has 1 atom stereocenters. The number of pyridine rings is 1. The number of fused-ring (bicyclic) bond motifs is 1. The van der Waals surface area contributed by atoms with Crippen LogP contribution in [0.5, 0.6) is 5.75 Å². The van der Waals surface area contributed by atoms with E-state index in [-0.39, 0.29) is 5.75 Å². The number of nitrogens with zero attached hydrogens (tertiary/aromatic N) is 1. The van der Waals surface area contributed by atoms with Crippen LogP contribution in [-0.2, 0) is 0 Å². The number of benzene rings is 1. The van der Waals surface area contributed by atoms with E-state index in [1.165, 1.54) is 5.56 Å². The van der Waals surface area contributed by atoms with Crippen LogP contribution in [0.3, 0.4) is 0 Å². The monoisotopic (exact) mass is 201 g/mol. The Bertz CT molecular complexity index is 479. The van der Waals surface area contributed by atoms with E-state index in [1.54, 1.807) is 12.3 Å². The molecule has 2 rings (SSSR count). The van der Waals surface area contributed by atoms with Gasteiger partial charge in [-0.2, -0.15) is 0 Å². The van der Waals surface area contributed by atoms with E-state index >= 15 is 0 Å². The Morgan fingerprint density at radius 3 is 2.87 bits per heavy atom. The normalized spacial score (nSPS) is 12.9. The van der Waals surface area contributed by atoms with Gasteiger partial charge in [-0.25, -0.2) is 0 Å². The molecule has 0 aliphatic rings. The average Bonchev–Trinajstić information content (AvgIpc) is 2.28. The molecule has 0 saturated carbocycles. The largest absolute Gasteiger partial charge is 0.506 e. The van der Waals surface area contributed by atoms with Crippen LogP contribution in [0.15, 0.2) is 30.5 Å². The minimum atomic E-state index is 0.262. The SMILES string of the molecule is CCC(C)c1ccnc2c(O)cccc12. The molecule has 1 aromatic heterocycles. The summed E-state index contributed by atoms with van der Waals surface area (Å²) in [6.45, 7) is 4.36. The summed E-state index contributed by atoms with van der Waals surface area (Å²) < 4.78 is 0. The molecule has 0 aliphatic heterocycles. The number of hydrogen-bond acceptors (Lipinski definition) is 2. The van der Waals surface area contributed by atoms with Crippen molar-refractivity contribution in [2.45, 2.75) is 26.2 Å². The zero-order valence-corrected chi connectivity index (χ0v) is 9.07. The number of phenols is 1. The lowest BCUT2D eigenvalue weighted by Crippen LogP contribution is -1.94. The first-order chi connectivity index (χ1) is 7.24. The highest BCUT2D eigenvalue weighted by molar-refractivity contribution is 5.87. The fourth-order valence-corrected chi connectivity index (χ4v) is 1.83. The van der Waals surface area contributed by atoms with Gasteiger partial charge in [-0.05, 0) is 30.0 Å². The third-order valence-electron chi connectivity index (χ3n) is 2.93. The van der Waals surface area contributed by atoms with E-state index in [1.807, 2.05) is 18.2 Å². The first kappa shape index (κ1) is 9.97. The number of phenolic OH excluding ortho intramolecular Hbond substituents is 1. The Labute approximate surface area is 89.6 Å². The van der Waals surface area contributed by atoms with Crippen LogP contribution in [0, 0.1) is 0 Å². The first-order valence-electron chi connectivity index (χ1n) is 5.30. The summed E-state index contributed by atoms with van der Waals surface area (Å²) in [6, 6.07) is 7.60. The van der Waals surface area contributed by atoms with E-state index < -0.39 is 0 Å². The molecule has 1 N–H and O–H groups in total. The molecule has 0 radical (unpaired) electrons. The Kier molecular flexibility index (Phi) is 2.58. The van der Waals surface area contributed by atoms with Crippen LogP contribution in [-0.4, -0.2) is 10.1 Å². The van der Waals surface area contributed by atoms with Crippen molar-refractivity contribution >= 4 is 10.9 Å². The molecule has 0 saturated heterocycles. The van der Waals surface area contributed by atoms with Crippen LogP contribution >= 0.6 is 0 Å². The Morgan fingerprint density at radius 1 is 1.33 bits per heavy atom. The lowest BCUT2D eigenvalue weighted by atomic mass is 9.95.